The standard InChI is InChI=1S/C13H14N4O/c14-13(18)6-11-10-7-15-8-12(10)17(16-11)9-4-2-1-3-5-9/h1-5,15H,6-8H2,(H2,14,18). The molecule has 3 N–H and O–H groups in total. The van der Waals surface area contributed by atoms with Crippen LogP contribution in [0.3, 0.4) is 0 Å². The highest BCUT2D eigenvalue weighted by molar-refractivity contribution is 5.76. The number of fused-ring (bicyclic) bond motifs is 1. The van der Waals surface area contributed by atoms with Crippen molar-refractivity contribution in [1.29, 1.82) is 0 Å². The lowest BCUT2D eigenvalue weighted by Gasteiger charge is -2.04. The van der Waals surface area contributed by atoms with Crippen molar-refractivity contribution in [1.82, 2.24) is 15.1 Å². The number of benzene rings is 1. The zero-order valence-electron chi connectivity index (χ0n) is 9.89. The summed E-state index contributed by atoms with van der Waals surface area (Å²) in [6.45, 7) is 1.53. The van der Waals surface area contributed by atoms with Crippen molar-refractivity contribution in [2.75, 3.05) is 0 Å². The van der Waals surface area contributed by atoms with Crippen LogP contribution in [0.25, 0.3) is 5.69 Å². The van der Waals surface area contributed by atoms with E-state index in [0.717, 1.165) is 35.7 Å². The van der Waals surface area contributed by atoms with Gasteiger partial charge in [-0.25, -0.2) is 4.68 Å². The zero-order valence-corrected chi connectivity index (χ0v) is 9.89. The maximum atomic E-state index is 11.1. The number of nitrogens with two attached hydrogens (primary N) is 1. The van der Waals surface area contributed by atoms with Crippen LogP contribution in [0.15, 0.2) is 30.3 Å². The number of carbonyl (C=O) groups excluding carboxylic acids is 1. The number of hydrogen-bond acceptors (Lipinski definition) is 3. The summed E-state index contributed by atoms with van der Waals surface area (Å²) < 4.78 is 1.90. The first-order valence-electron chi connectivity index (χ1n) is 5.90. The number of nitrogens with zero attached hydrogens (tertiary/aromatic N) is 2. The fourth-order valence-corrected chi connectivity index (χ4v) is 2.32. The van der Waals surface area contributed by atoms with E-state index in [4.69, 9.17) is 5.73 Å². The number of nitrogens with one attached hydrogen (secondary N) is 1. The molecule has 2 heterocycles. The highest BCUT2D eigenvalue weighted by atomic mass is 16.1. The molecule has 0 saturated heterocycles. The number of para-hydroxylation sites is 1. The van der Waals surface area contributed by atoms with Crippen molar-refractivity contribution >= 4 is 5.91 Å². The summed E-state index contributed by atoms with van der Waals surface area (Å²) in [6, 6.07) is 9.91. The van der Waals surface area contributed by atoms with Crippen LogP contribution in [0, 0.1) is 0 Å². The van der Waals surface area contributed by atoms with Crippen LogP contribution in [0.2, 0.25) is 0 Å². The van der Waals surface area contributed by atoms with E-state index in [0.29, 0.717) is 0 Å². The molecule has 0 radical (unpaired) electrons. The second kappa shape index (κ2) is 4.27. The quantitative estimate of drug-likeness (QED) is 0.823. The highest BCUT2D eigenvalue weighted by Crippen LogP contribution is 2.23. The van der Waals surface area contributed by atoms with Crippen LogP contribution in [0.4, 0.5) is 0 Å². The summed E-state index contributed by atoms with van der Waals surface area (Å²) >= 11 is 0. The Hall–Kier alpha value is -2.14. The van der Waals surface area contributed by atoms with Crippen molar-refractivity contribution in [3.63, 3.8) is 0 Å². The third kappa shape index (κ3) is 1.78. The van der Waals surface area contributed by atoms with Crippen LogP contribution in [-0.4, -0.2) is 15.7 Å². The molecule has 5 heteroatoms. The molecule has 0 saturated carbocycles. The molecule has 0 atom stereocenters. The van der Waals surface area contributed by atoms with Gasteiger partial charge in [-0.3, -0.25) is 4.79 Å². The van der Waals surface area contributed by atoms with E-state index in [2.05, 4.69) is 10.4 Å². The Kier molecular flexibility index (Phi) is 2.60. The first-order chi connectivity index (χ1) is 8.75. The van der Waals surface area contributed by atoms with E-state index >= 15 is 0 Å². The van der Waals surface area contributed by atoms with Gasteiger partial charge in [-0.05, 0) is 12.1 Å². The first kappa shape index (κ1) is 11.0. The SMILES string of the molecule is NC(=O)Cc1nn(-c2ccccc2)c2c1CNC2. The van der Waals surface area contributed by atoms with Crippen LogP contribution in [0.5, 0.6) is 0 Å². The van der Waals surface area contributed by atoms with Gasteiger partial charge in [0.2, 0.25) is 5.91 Å². The second-order valence-corrected chi connectivity index (χ2v) is 4.37. The topological polar surface area (TPSA) is 72.9 Å². The number of rotatable bonds is 3. The zero-order chi connectivity index (χ0) is 12.5. The van der Waals surface area contributed by atoms with E-state index in [1.165, 1.54) is 0 Å². The van der Waals surface area contributed by atoms with Gasteiger partial charge in [0.25, 0.3) is 0 Å². The lowest BCUT2D eigenvalue weighted by molar-refractivity contribution is -0.117. The maximum absolute atomic E-state index is 11.1. The smallest absolute Gasteiger partial charge is 0.223 e. The molecular weight excluding hydrogens is 228 g/mol. The molecule has 92 valence electrons. The Morgan fingerprint density at radius 3 is 2.83 bits per heavy atom. The largest absolute Gasteiger partial charge is 0.369 e. The molecule has 1 amide bonds. The normalized spacial score (nSPS) is 13.6. The predicted molar refractivity (Wildman–Crippen MR) is 67.0 cm³/mol. The summed E-state index contributed by atoms with van der Waals surface area (Å²) in [5.41, 5.74) is 9.28. The molecule has 0 unspecified atom stereocenters. The Labute approximate surface area is 105 Å². The van der Waals surface area contributed by atoms with E-state index < -0.39 is 0 Å². The molecule has 0 spiro atoms. The van der Waals surface area contributed by atoms with Gasteiger partial charge in [-0.2, -0.15) is 5.10 Å². The monoisotopic (exact) mass is 242 g/mol. The maximum Gasteiger partial charge on any atom is 0.223 e. The van der Waals surface area contributed by atoms with Crippen molar-refractivity contribution < 1.29 is 4.79 Å². The Morgan fingerprint density at radius 1 is 1.33 bits per heavy atom. The van der Waals surface area contributed by atoms with Gasteiger partial charge in [0.15, 0.2) is 0 Å². The molecule has 3 rings (SSSR count). The van der Waals surface area contributed by atoms with Gasteiger partial charge in [0, 0.05) is 18.7 Å². The third-order valence-electron chi connectivity index (χ3n) is 3.11. The first-order valence-corrected chi connectivity index (χ1v) is 5.90. The van der Waals surface area contributed by atoms with Gasteiger partial charge in [-0.15, -0.1) is 0 Å². The van der Waals surface area contributed by atoms with Crippen molar-refractivity contribution in [2.45, 2.75) is 19.5 Å². The van der Waals surface area contributed by atoms with Gasteiger partial charge in [-0.1, -0.05) is 18.2 Å². The van der Waals surface area contributed by atoms with Crippen molar-refractivity contribution in [3.05, 3.63) is 47.3 Å². The Bertz CT molecular complexity index is 589. The molecule has 2 aromatic rings. The van der Waals surface area contributed by atoms with E-state index in [1.807, 2.05) is 35.0 Å². The molecule has 1 aromatic carbocycles. The third-order valence-corrected chi connectivity index (χ3v) is 3.11. The van der Waals surface area contributed by atoms with Gasteiger partial charge in [0.1, 0.15) is 0 Å². The van der Waals surface area contributed by atoms with Gasteiger partial charge < -0.3 is 11.1 Å². The number of carbonyl (C=O) groups is 1. The fourth-order valence-electron chi connectivity index (χ4n) is 2.32. The Balaban J connectivity index is 2.09. The highest BCUT2D eigenvalue weighted by Gasteiger charge is 2.23. The molecule has 5 nitrogen and oxygen atoms in total. The summed E-state index contributed by atoms with van der Waals surface area (Å²) in [7, 11) is 0. The summed E-state index contributed by atoms with van der Waals surface area (Å²) in [5, 5.41) is 7.80. The summed E-state index contributed by atoms with van der Waals surface area (Å²) in [4.78, 5) is 11.1. The predicted octanol–water partition coefficient (Wildman–Crippen LogP) is 0.503. The Morgan fingerprint density at radius 2 is 2.11 bits per heavy atom. The molecule has 0 fully saturated rings. The lowest BCUT2D eigenvalue weighted by Crippen LogP contribution is -2.16. The lowest BCUT2D eigenvalue weighted by atomic mass is 10.1. The minimum absolute atomic E-state index is 0.198. The van der Waals surface area contributed by atoms with E-state index in [9.17, 15) is 4.79 Å². The van der Waals surface area contributed by atoms with Gasteiger partial charge in [0.05, 0.1) is 23.5 Å². The molecule has 0 aliphatic carbocycles. The summed E-state index contributed by atoms with van der Waals surface area (Å²) in [6.07, 6.45) is 0.198. The van der Waals surface area contributed by atoms with Gasteiger partial charge >= 0.3 is 0 Å². The number of primary amides is 1. The summed E-state index contributed by atoms with van der Waals surface area (Å²) in [5.74, 6) is -0.345. The average molecular weight is 242 g/mol. The molecule has 1 aromatic heterocycles. The minimum atomic E-state index is -0.345. The molecular formula is C13H14N4O. The number of aromatic nitrogens is 2. The second-order valence-electron chi connectivity index (χ2n) is 4.37. The van der Waals surface area contributed by atoms with Crippen molar-refractivity contribution in [2.24, 2.45) is 5.73 Å². The number of hydrogen-bond donors (Lipinski definition) is 2. The van der Waals surface area contributed by atoms with Crippen LogP contribution < -0.4 is 11.1 Å². The molecule has 0 bridgehead atoms. The number of amides is 1. The fraction of sp³-hybridized carbons (Fsp3) is 0.231. The molecule has 1 aliphatic rings. The van der Waals surface area contributed by atoms with Crippen LogP contribution in [-0.2, 0) is 24.3 Å². The van der Waals surface area contributed by atoms with E-state index in [1.54, 1.807) is 0 Å². The van der Waals surface area contributed by atoms with Crippen LogP contribution >= 0.6 is 0 Å². The molecule has 18 heavy (non-hydrogen) atoms. The minimum Gasteiger partial charge on any atom is -0.369 e. The van der Waals surface area contributed by atoms with Crippen molar-refractivity contribution in [3.8, 4) is 5.69 Å². The van der Waals surface area contributed by atoms with E-state index in [-0.39, 0.29) is 12.3 Å². The molecule has 1 aliphatic heterocycles. The van der Waals surface area contributed by atoms with Crippen LogP contribution in [0.1, 0.15) is 17.0 Å². The average Bonchev–Trinajstić information content (AvgIpc) is 2.93.